The minimum Gasteiger partial charge on any atom is -0.347 e. The zero-order valence-corrected chi connectivity index (χ0v) is 11.6. The fourth-order valence-electron chi connectivity index (χ4n) is 1.52. The van der Waals surface area contributed by atoms with Gasteiger partial charge >= 0.3 is 0 Å². The molecule has 0 atom stereocenters. The van der Waals surface area contributed by atoms with Crippen molar-refractivity contribution in [1.82, 2.24) is 20.3 Å². The molecule has 0 saturated carbocycles. The summed E-state index contributed by atoms with van der Waals surface area (Å²) in [4.78, 5) is 24.3. The van der Waals surface area contributed by atoms with Gasteiger partial charge in [-0.2, -0.15) is 0 Å². The van der Waals surface area contributed by atoms with Gasteiger partial charge in [0.25, 0.3) is 5.91 Å². The van der Waals surface area contributed by atoms with Crippen LogP contribution in [0, 0.1) is 6.92 Å². The summed E-state index contributed by atoms with van der Waals surface area (Å²) in [6, 6.07) is 5.40. The van der Waals surface area contributed by atoms with Gasteiger partial charge in [-0.3, -0.25) is 9.78 Å². The SMILES string of the molecule is CSc1nc(C)cc(C(=O)NCc2ccncc2)n1. The lowest BCUT2D eigenvalue weighted by molar-refractivity contribution is 0.0945. The van der Waals surface area contributed by atoms with Crippen molar-refractivity contribution in [2.45, 2.75) is 18.6 Å². The van der Waals surface area contributed by atoms with Crippen LogP contribution in [0.3, 0.4) is 0 Å². The normalized spacial score (nSPS) is 10.2. The first-order chi connectivity index (χ1) is 9.19. The van der Waals surface area contributed by atoms with Gasteiger partial charge < -0.3 is 5.32 Å². The number of carbonyl (C=O) groups excluding carboxylic acids is 1. The quantitative estimate of drug-likeness (QED) is 0.680. The Morgan fingerprint density at radius 1 is 1.32 bits per heavy atom. The van der Waals surface area contributed by atoms with Crippen LogP contribution in [0.25, 0.3) is 0 Å². The Balaban J connectivity index is 2.06. The van der Waals surface area contributed by atoms with Crippen LogP contribution >= 0.6 is 11.8 Å². The van der Waals surface area contributed by atoms with E-state index in [9.17, 15) is 4.79 Å². The molecule has 2 heterocycles. The van der Waals surface area contributed by atoms with E-state index in [1.54, 1.807) is 18.5 Å². The molecule has 0 saturated heterocycles. The van der Waals surface area contributed by atoms with Crippen molar-refractivity contribution >= 4 is 17.7 Å². The van der Waals surface area contributed by atoms with Crippen LogP contribution in [0.15, 0.2) is 35.7 Å². The highest BCUT2D eigenvalue weighted by Gasteiger charge is 2.09. The number of aryl methyl sites for hydroxylation is 1. The van der Waals surface area contributed by atoms with Gasteiger partial charge in [-0.1, -0.05) is 11.8 Å². The average Bonchev–Trinajstić information content (AvgIpc) is 2.45. The number of hydrogen-bond acceptors (Lipinski definition) is 5. The predicted octanol–water partition coefficient (Wildman–Crippen LogP) is 1.83. The zero-order chi connectivity index (χ0) is 13.7. The number of amides is 1. The molecule has 0 bridgehead atoms. The Labute approximate surface area is 115 Å². The third-order valence-electron chi connectivity index (χ3n) is 2.45. The molecule has 1 amide bonds. The van der Waals surface area contributed by atoms with Gasteiger partial charge in [-0.25, -0.2) is 9.97 Å². The van der Waals surface area contributed by atoms with Crippen LogP contribution in [0.1, 0.15) is 21.7 Å². The van der Waals surface area contributed by atoms with E-state index in [0.29, 0.717) is 17.4 Å². The molecule has 0 unspecified atom stereocenters. The maximum absolute atomic E-state index is 12.0. The number of thioether (sulfide) groups is 1. The summed E-state index contributed by atoms with van der Waals surface area (Å²) in [7, 11) is 0. The predicted molar refractivity (Wildman–Crippen MR) is 74.0 cm³/mol. The average molecular weight is 274 g/mol. The highest BCUT2D eigenvalue weighted by Crippen LogP contribution is 2.10. The molecular formula is C13H14N4OS. The summed E-state index contributed by atoms with van der Waals surface area (Å²) in [5.74, 6) is -0.197. The number of carbonyl (C=O) groups is 1. The van der Waals surface area contributed by atoms with Crippen LogP contribution in [-0.2, 0) is 6.54 Å². The number of rotatable bonds is 4. The van der Waals surface area contributed by atoms with Crippen molar-refractivity contribution < 1.29 is 4.79 Å². The Morgan fingerprint density at radius 3 is 2.74 bits per heavy atom. The highest BCUT2D eigenvalue weighted by molar-refractivity contribution is 7.98. The summed E-state index contributed by atoms with van der Waals surface area (Å²) in [5, 5.41) is 3.43. The molecule has 2 aromatic rings. The lowest BCUT2D eigenvalue weighted by atomic mass is 10.2. The van der Waals surface area contributed by atoms with Gasteiger partial charge in [-0.15, -0.1) is 0 Å². The van der Waals surface area contributed by atoms with E-state index in [-0.39, 0.29) is 5.91 Å². The molecule has 19 heavy (non-hydrogen) atoms. The van der Waals surface area contributed by atoms with Gasteiger partial charge in [0.15, 0.2) is 5.16 Å². The largest absolute Gasteiger partial charge is 0.347 e. The molecule has 0 aliphatic carbocycles. The molecule has 2 aromatic heterocycles. The van der Waals surface area contributed by atoms with Crippen molar-refractivity contribution in [1.29, 1.82) is 0 Å². The van der Waals surface area contributed by atoms with E-state index in [0.717, 1.165) is 11.3 Å². The molecule has 2 rings (SSSR count). The second kappa shape index (κ2) is 6.29. The topological polar surface area (TPSA) is 67.8 Å². The van der Waals surface area contributed by atoms with E-state index < -0.39 is 0 Å². The van der Waals surface area contributed by atoms with Crippen molar-refractivity contribution in [3.63, 3.8) is 0 Å². The van der Waals surface area contributed by atoms with Gasteiger partial charge in [0.05, 0.1) is 0 Å². The minimum absolute atomic E-state index is 0.197. The molecule has 98 valence electrons. The fraction of sp³-hybridized carbons (Fsp3) is 0.231. The minimum atomic E-state index is -0.197. The molecule has 5 nitrogen and oxygen atoms in total. The van der Waals surface area contributed by atoms with Gasteiger partial charge in [0.1, 0.15) is 5.69 Å². The lowest BCUT2D eigenvalue weighted by Crippen LogP contribution is -2.24. The smallest absolute Gasteiger partial charge is 0.270 e. The number of nitrogens with one attached hydrogen (secondary N) is 1. The van der Waals surface area contributed by atoms with Crippen molar-refractivity contribution in [2.24, 2.45) is 0 Å². The first-order valence-corrected chi connectivity index (χ1v) is 6.98. The summed E-state index contributed by atoms with van der Waals surface area (Å²) in [6.45, 7) is 2.31. The maximum Gasteiger partial charge on any atom is 0.270 e. The van der Waals surface area contributed by atoms with Gasteiger partial charge in [0.2, 0.25) is 0 Å². The second-order valence-electron chi connectivity index (χ2n) is 3.92. The van der Waals surface area contributed by atoms with Crippen LogP contribution in [-0.4, -0.2) is 27.1 Å². The van der Waals surface area contributed by atoms with Crippen molar-refractivity contribution in [3.05, 3.63) is 47.5 Å². The Morgan fingerprint density at radius 2 is 2.05 bits per heavy atom. The molecule has 0 aliphatic rings. The molecule has 1 N–H and O–H groups in total. The Hall–Kier alpha value is -1.95. The van der Waals surface area contributed by atoms with E-state index in [2.05, 4.69) is 20.3 Å². The molecule has 0 fully saturated rings. The van der Waals surface area contributed by atoms with E-state index >= 15 is 0 Å². The summed E-state index contributed by atoms with van der Waals surface area (Å²) >= 11 is 1.42. The third-order valence-corrected chi connectivity index (χ3v) is 3.00. The molecular weight excluding hydrogens is 260 g/mol. The number of aromatic nitrogens is 3. The Bertz CT molecular complexity index is 574. The summed E-state index contributed by atoms with van der Waals surface area (Å²) in [6.07, 6.45) is 5.28. The van der Waals surface area contributed by atoms with E-state index in [1.807, 2.05) is 25.3 Å². The number of pyridine rings is 1. The molecule has 0 aliphatic heterocycles. The van der Waals surface area contributed by atoms with E-state index in [1.165, 1.54) is 11.8 Å². The number of hydrogen-bond donors (Lipinski definition) is 1. The standard InChI is InChI=1S/C13H14N4OS/c1-9-7-11(17-13(16-9)19-2)12(18)15-8-10-3-5-14-6-4-10/h3-7H,8H2,1-2H3,(H,15,18). The highest BCUT2D eigenvalue weighted by atomic mass is 32.2. The van der Waals surface area contributed by atoms with Crippen molar-refractivity contribution in [3.8, 4) is 0 Å². The first-order valence-electron chi connectivity index (χ1n) is 5.76. The molecule has 0 aromatic carbocycles. The van der Waals surface area contributed by atoms with Crippen LogP contribution < -0.4 is 5.32 Å². The van der Waals surface area contributed by atoms with Gasteiger partial charge in [0, 0.05) is 24.6 Å². The zero-order valence-electron chi connectivity index (χ0n) is 10.8. The van der Waals surface area contributed by atoms with Crippen LogP contribution in [0.2, 0.25) is 0 Å². The first kappa shape index (κ1) is 13.5. The molecule has 6 heteroatoms. The monoisotopic (exact) mass is 274 g/mol. The lowest BCUT2D eigenvalue weighted by Gasteiger charge is -2.06. The number of nitrogens with zero attached hydrogens (tertiary/aromatic N) is 3. The Kier molecular flexibility index (Phi) is 4.46. The van der Waals surface area contributed by atoms with Gasteiger partial charge in [-0.05, 0) is 36.9 Å². The molecule has 0 spiro atoms. The van der Waals surface area contributed by atoms with Crippen LogP contribution in [0.4, 0.5) is 0 Å². The van der Waals surface area contributed by atoms with Crippen molar-refractivity contribution in [2.75, 3.05) is 6.26 Å². The maximum atomic E-state index is 12.0. The van der Waals surface area contributed by atoms with Crippen LogP contribution in [0.5, 0.6) is 0 Å². The fourth-order valence-corrected chi connectivity index (χ4v) is 1.95. The second-order valence-corrected chi connectivity index (χ2v) is 4.69. The summed E-state index contributed by atoms with van der Waals surface area (Å²) in [5.41, 5.74) is 2.18. The van der Waals surface area contributed by atoms with E-state index in [4.69, 9.17) is 0 Å². The molecule has 0 radical (unpaired) electrons. The summed E-state index contributed by atoms with van der Waals surface area (Å²) < 4.78 is 0. The third kappa shape index (κ3) is 3.75.